The van der Waals surface area contributed by atoms with E-state index in [1.165, 1.54) is 23.4 Å². The van der Waals surface area contributed by atoms with Crippen LogP contribution in [-0.4, -0.2) is 29.8 Å². The summed E-state index contributed by atoms with van der Waals surface area (Å²) in [6, 6.07) is 32.7. The van der Waals surface area contributed by atoms with Crippen molar-refractivity contribution in [1.29, 1.82) is 0 Å². The first-order valence-electron chi connectivity index (χ1n) is 12.2. The number of aromatic nitrogens is 7. The molecule has 0 spiro atoms. The van der Waals surface area contributed by atoms with Crippen LogP contribution in [0.3, 0.4) is 0 Å². The minimum absolute atomic E-state index is 0. The molecule has 0 amide bonds. The Labute approximate surface area is 247 Å². The van der Waals surface area contributed by atoms with Crippen molar-refractivity contribution >= 4 is 0 Å². The Morgan fingerprint density at radius 3 is 2.07 bits per heavy atom. The minimum atomic E-state index is -4.57. The molecule has 3 aromatic carbocycles. The summed E-state index contributed by atoms with van der Waals surface area (Å²) in [7, 11) is 0. The number of benzene rings is 3. The van der Waals surface area contributed by atoms with Crippen molar-refractivity contribution in [2.24, 2.45) is 0 Å². The maximum absolute atomic E-state index is 12.1. The summed E-state index contributed by atoms with van der Waals surface area (Å²) < 4.78 is 38.5. The van der Waals surface area contributed by atoms with Gasteiger partial charge in [0.05, 0.1) is 11.5 Å². The van der Waals surface area contributed by atoms with Crippen molar-refractivity contribution in [2.45, 2.75) is 20.0 Å². The average molecular weight is 730 g/mol. The fraction of sp³-hybridized carbons (Fsp3) is 0.100. The van der Waals surface area contributed by atoms with E-state index in [2.05, 4.69) is 97.3 Å². The van der Waals surface area contributed by atoms with Gasteiger partial charge in [0.25, 0.3) is 0 Å². The summed E-state index contributed by atoms with van der Waals surface area (Å²) in [4.78, 5) is 7.05. The maximum atomic E-state index is 12.1. The molecule has 0 aliphatic carbocycles. The molecule has 11 heteroatoms. The van der Waals surface area contributed by atoms with Crippen molar-refractivity contribution in [1.82, 2.24) is 34.9 Å². The van der Waals surface area contributed by atoms with E-state index >= 15 is 0 Å². The molecule has 0 aliphatic heterocycles. The Bertz CT molecular complexity index is 1620. The molecule has 3 heterocycles. The van der Waals surface area contributed by atoms with E-state index in [0.29, 0.717) is 0 Å². The standard InChI is InChI=1S/C22H18N3.C8H4F3N4.Ir/c1-16-8-12-18(13-9-16)21-23-24-22(19-14-10-17(2)11-15-19)25(21)20-6-4-3-5-7-20;9-8(10,11)7-13-6(14-15-7)5-3-1-2-4-12-5;/h3-14H,1-2H3;1-4H;/q2*-1;. The van der Waals surface area contributed by atoms with Crippen LogP contribution in [0.25, 0.3) is 40.0 Å². The van der Waals surface area contributed by atoms with Crippen LogP contribution in [0.1, 0.15) is 17.0 Å². The number of nitrogens with zero attached hydrogens (tertiary/aromatic N) is 7. The second kappa shape index (κ2) is 12.8. The Morgan fingerprint density at radius 2 is 1.46 bits per heavy atom. The Balaban J connectivity index is 0.000000208. The van der Waals surface area contributed by atoms with Gasteiger partial charge in [-0.25, -0.2) is 0 Å². The first kappa shape index (κ1) is 29.5. The molecule has 0 unspecified atom stereocenters. The Morgan fingerprint density at radius 1 is 0.780 bits per heavy atom. The number of alkyl halides is 3. The van der Waals surface area contributed by atoms with Crippen molar-refractivity contribution in [3.05, 3.63) is 120 Å². The molecular formula is C30H22F3IrN7-2. The third-order valence-corrected chi connectivity index (χ3v) is 5.80. The molecule has 41 heavy (non-hydrogen) atoms. The molecule has 0 fully saturated rings. The van der Waals surface area contributed by atoms with Crippen LogP contribution in [0.5, 0.6) is 0 Å². The largest absolute Gasteiger partial charge is 0.429 e. The van der Waals surface area contributed by atoms with Gasteiger partial charge in [0.2, 0.25) is 0 Å². The smallest absolute Gasteiger partial charge is 0.413 e. The quantitative estimate of drug-likeness (QED) is 0.192. The number of pyridine rings is 1. The molecule has 209 valence electrons. The zero-order valence-electron chi connectivity index (χ0n) is 21.8. The van der Waals surface area contributed by atoms with Crippen molar-refractivity contribution in [3.63, 3.8) is 0 Å². The summed E-state index contributed by atoms with van der Waals surface area (Å²) >= 11 is 0. The molecule has 6 rings (SSSR count). The summed E-state index contributed by atoms with van der Waals surface area (Å²) in [5.74, 6) is 0.253. The topological polar surface area (TPSA) is 83.5 Å². The predicted octanol–water partition coefficient (Wildman–Crippen LogP) is 6.53. The van der Waals surface area contributed by atoms with Crippen LogP contribution >= 0.6 is 0 Å². The molecule has 0 bridgehead atoms. The van der Waals surface area contributed by atoms with Gasteiger partial charge >= 0.3 is 6.18 Å². The van der Waals surface area contributed by atoms with Crippen LogP contribution in [0.2, 0.25) is 0 Å². The summed E-state index contributed by atoms with van der Waals surface area (Å²) in [5, 5.41) is 15.2. The van der Waals surface area contributed by atoms with E-state index < -0.39 is 12.0 Å². The average Bonchev–Trinajstić information content (AvgIpc) is 3.64. The van der Waals surface area contributed by atoms with E-state index in [1.807, 2.05) is 30.3 Å². The van der Waals surface area contributed by atoms with Crippen molar-refractivity contribution in [2.75, 3.05) is 0 Å². The van der Waals surface area contributed by atoms with Crippen LogP contribution in [-0.2, 0) is 26.3 Å². The van der Waals surface area contributed by atoms with Crippen molar-refractivity contribution < 1.29 is 33.3 Å². The molecule has 0 saturated carbocycles. The second-order valence-electron chi connectivity index (χ2n) is 8.84. The summed E-state index contributed by atoms with van der Waals surface area (Å²) in [5.41, 5.74) is 5.67. The monoisotopic (exact) mass is 730 g/mol. The summed E-state index contributed by atoms with van der Waals surface area (Å²) in [6.07, 6.45) is -3.13. The molecular weight excluding hydrogens is 708 g/mol. The second-order valence-corrected chi connectivity index (χ2v) is 8.84. The number of aryl methyl sites for hydroxylation is 2. The van der Waals surface area contributed by atoms with E-state index in [4.69, 9.17) is 0 Å². The van der Waals surface area contributed by atoms with Crippen LogP contribution in [0, 0.1) is 19.9 Å². The fourth-order valence-corrected chi connectivity index (χ4v) is 3.77. The number of rotatable bonds is 4. The number of halogens is 3. The third-order valence-electron chi connectivity index (χ3n) is 5.80. The Kier molecular flexibility index (Phi) is 9.21. The molecule has 7 nitrogen and oxygen atoms in total. The van der Waals surface area contributed by atoms with Gasteiger partial charge in [-0.2, -0.15) is 18.3 Å². The van der Waals surface area contributed by atoms with Gasteiger partial charge < -0.3 is 14.6 Å². The van der Waals surface area contributed by atoms with Gasteiger partial charge in [0, 0.05) is 37.6 Å². The molecule has 0 atom stereocenters. The fourth-order valence-electron chi connectivity index (χ4n) is 3.77. The van der Waals surface area contributed by atoms with Crippen molar-refractivity contribution in [3.8, 4) is 40.0 Å². The van der Waals surface area contributed by atoms with Crippen LogP contribution in [0.4, 0.5) is 13.2 Å². The molecule has 3 aromatic heterocycles. The van der Waals surface area contributed by atoms with E-state index in [9.17, 15) is 13.2 Å². The minimum Gasteiger partial charge on any atom is -0.413 e. The van der Waals surface area contributed by atoms with Crippen LogP contribution < -0.4 is 5.10 Å². The molecule has 0 aliphatic rings. The molecule has 6 aromatic rings. The van der Waals surface area contributed by atoms with Gasteiger partial charge in [0.15, 0.2) is 5.82 Å². The van der Waals surface area contributed by atoms with E-state index in [0.717, 1.165) is 28.5 Å². The third kappa shape index (κ3) is 7.00. The number of hydrogen-bond donors (Lipinski definition) is 0. The van der Waals surface area contributed by atoms with Gasteiger partial charge in [0.1, 0.15) is 5.82 Å². The van der Waals surface area contributed by atoms with E-state index in [-0.39, 0.29) is 31.6 Å². The van der Waals surface area contributed by atoms with Gasteiger partial charge in [-0.05, 0) is 37.0 Å². The number of para-hydroxylation sites is 1. The zero-order valence-corrected chi connectivity index (χ0v) is 24.2. The maximum Gasteiger partial charge on any atom is 0.429 e. The normalized spacial score (nSPS) is 10.9. The van der Waals surface area contributed by atoms with E-state index in [1.54, 1.807) is 12.1 Å². The van der Waals surface area contributed by atoms with Crippen LogP contribution in [0.15, 0.2) is 97.2 Å². The SMILES string of the molecule is Cc1c[c-]c(-c2nnc(-c3ccc(C)cc3)n2-c2ccccc2)cc1.FC(F)(F)c1n[n-]c(-c2ccccn2)n1.[Ir]. The number of hydrogen-bond acceptors (Lipinski definition) is 5. The first-order valence-corrected chi connectivity index (χ1v) is 12.2. The van der Waals surface area contributed by atoms with Gasteiger partial charge in [-0.3, -0.25) is 10.1 Å². The first-order chi connectivity index (χ1) is 19.3. The Hall–Kier alpha value is -4.47. The molecule has 1 radical (unpaired) electrons. The zero-order chi connectivity index (χ0) is 28.1. The van der Waals surface area contributed by atoms with Gasteiger partial charge in [-0.1, -0.05) is 61.0 Å². The predicted molar refractivity (Wildman–Crippen MR) is 144 cm³/mol. The summed E-state index contributed by atoms with van der Waals surface area (Å²) in [6.45, 7) is 4.14. The molecule has 0 saturated heterocycles. The van der Waals surface area contributed by atoms with Gasteiger partial charge in [-0.15, -0.1) is 40.5 Å². The molecule has 0 N–H and O–H groups in total.